The average molecular weight is 351 g/mol. The minimum Gasteiger partial charge on any atom is -0.319 e. The molecule has 1 aromatic heterocycles. The summed E-state index contributed by atoms with van der Waals surface area (Å²) >= 11 is 0. The van der Waals surface area contributed by atoms with Gasteiger partial charge in [-0.1, -0.05) is 51.1 Å². The number of benzene rings is 1. The lowest BCUT2D eigenvalue weighted by atomic mass is 9.92. The summed E-state index contributed by atoms with van der Waals surface area (Å²) in [4.78, 5) is 12.0. The molecule has 132 valence electrons. The van der Waals surface area contributed by atoms with Crippen LogP contribution in [0.2, 0.25) is 0 Å². The molecule has 0 aliphatic heterocycles. The van der Waals surface area contributed by atoms with Gasteiger partial charge in [0, 0.05) is 24.4 Å². The standard InChI is InChI=1S/C18H26N4O.ClH/c1-18(2,3)15-12-16(20-17(23)10-11-19-4)22(21-15)13-14-8-6-5-7-9-14;/h5-9,12,19H,10-11,13H2,1-4H3,(H,20,23);1H. The van der Waals surface area contributed by atoms with E-state index in [1.54, 1.807) is 0 Å². The lowest BCUT2D eigenvalue weighted by molar-refractivity contribution is -0.116. The Labute approximate surface area is 150 Å². The van der Waals surface area contributed by atoms with Crippen LogP contribution in [-0.4, -0.2) is 29.3 Å². The molecule has 2 N–H and O–H groups in total. The maximum Gasteiger partial charge on any atom is 0.226 e. The summed E-state index contributed by atoms with van der Waals surface area (Å²) in [6.45, 7) is 7.65. The molecule has 0 radical (unpaired) electrons. The summed E-state index contributed by atoms with van der Waals surface area (Å²) in [6, 6.07) is 12.1. The van der Waals surface area contributed by atoms with Crippen molar-refractivity contribution in [1.82, 2.24) is 15.1 Å². The highest BCUT2D eigenvalue weighted by molar-refractivity contribution is 5.90. The van der Waals surface area contributed by atoms with E-state index in [2.05, 4.69) is 43.5 Å². The predicted octanol–water partition coefficient (Wildman–Crippen LogP) is 3.20. The Bertz CT molecular complexity index is 647. The lowest BCUT2D eigenvalue weighted by Crippen LogP contribution is -2.20. The van der Waals surface area contributed by atoms with Gasteiger partial charge in [-0.05, 0) is 12.6 Å². The molecule has 0 aliphatic rings. The molecule has 0 saturated heterocycles. The molecule has 1 aromatic carbocycles. The van der Waals surface area contributed by atoms with Gasteiger partial charge >= 0.3 is 0 Å². The molecule has 0 spiro atoms. The van der Waals surface area contributed by atoms with E-state index in [9.17, 15) is 4.79 Å². The van der Waals surface area contributed by atoms with Gasteiger partial charge in [-0.15, -0.1) is 12.4 Å². The van der Waals surface area contributed by atoms with Crippen molar-refractivity contribution in [1.29, 1.82) is 0 Å². The van der Waals surface area contributed by atoms with Crippen LogP contribution in [0.15, 0.2) is 36.4 Å². The number of anilines is 1. The van der Waals surface area contributed by atoms with Crippen molar-refractivity contribution in [3.8, 4) is 0 Å². The normalized spacial score (nSPS) is 11.0. The fraction of sp³-hybridized carbons (Fsp3) is 0.444. The van der Waals surface area contributed by atoms with Crippen molar-refractivity contribution in [2.75, 3.05) is 18.9 Å². The molecule has 24 heavy (non-hydrogen) atoms. The van der Waals surface area contributed by atoms with E-state index in [1.807, 2.05) is 36.0 Å². The van der Waals surface area contributed by atoms with Gasteiger partial charge in [0.25, 0.3) is 0 Å². The minimum absolute atomic E-state index is 0. The highest BCUT2D eigenvalue weighted by Crippen LogP contribution is 2.24. The quantitative estimate of drug-likeness (QED) is 0.841. The Kier molecular flexibility index (Phi) is 7.45. The van der Waals surface area contributed by atoms with E-state index >= 15 is 0 Å². The van der Waals surface area contributed by atoms with Crippen LogP contribution in [0.4, 0.5) is 5.82 Å². The third-order valence-electron chi connectivity index (χ3n) is 3.59. The van der Waals surface area contributed by atoms with Crippen LogP contribution in [0.3, 0.4) is 0 Å². The van der Waals surface area contributed by atoms with E-state index in [0.29, 0.717) is 19.5 Å². The van der Waals surface area contributed by atoms with Crippen molar-refractivity contribution < 1.29 is 4.79 Å². The second kappa shape index (κ2) is 8.85. The van der Waals surface area contributed by atoms with Gasteiger partial charge in [0.2, 0.25) is 5.91 Å². The molecule has 2 rings (SSSR count). The fourth-order valence-corrected chi connectivity index (χ4v) is 2.20. The van der Waals surface area contributed by atoms with Crippen molar-refractivity contribution in [3.05, 3.63) is 47.7 Å². The van der Waals surface area contributed by atoms with E-state index < -0.39 is 0 Å². The number of hydrogen-bond acceptors (Lipinski definition) is 3. The number of rotatable bonds is 6. The third-order valence-corrected chi connectivity index (χ3v) is 3.59. The molecule has 1 amide bonds. The molecular formula is C18H27ClN4O. The van der Waals surface area contributed by atoms with Gasteiger partial charge in [0.05, 0.1) is 12.2 Å². The third kappa shape index (κ3) is 5.65. The number of nitrogens with zero attached hydrogens (tertiary/aromatic N) is 2. The van der Waals surface area contributed by atoms with Crippen molar-refractivity contribution in [3.63, 3.8) is 0 Å². The van der Waals surface area contributed by atoms with E-state index in [4.69, 9.17) is 5.10 Å². The summed E-state index contributed by atoms with van der Waals surface area (Å²) in [5, 5.41) is 10.7. The number of carbonyl (C=O) groups is 1. The first kappa shape index (κ1) is 20.2. The molecule has 0 unspecified atom stereocenters. The van der Waals surface area contributed by atoms with Crippen LogP contribution in [0.5, 0.6) is 0 Å². The first-order valence-corrected chi connectivity index (χ1v) is 7.97. The minimum atomic E-state index is -0.0631. The summed E-state index contributed by atoms with van der Waals surface area (Å²) in [5.74, 6) is 0.744. The summed E-state index contributed by atoms with van der Waals surface area (Å²) in [6.07, 6.45) is 0.442. The summed E-state index contributed by atoms with van der Waals surface area (Å²) in [5.41, 5.74) is 2.06. The zero-order chi connectivity index (χ0) is 16.9. The smallest absolute Gasteiger partial charge is 0.226 e. The second-order valence-corrected chi connectivity index (χ2v) is 6.71. The van der Waals surface area contributed by atoms with E-state index in [1.165, 1.54) is 0 Å². The monoisotopic (exact) mass is 350 g/mol. The number of amides is 1. The topological polar surface area (TPSA) is 59.0 Å². The maximum absolute atomic E-state index is 12.0. The van der Waals surface area contributed by atoms with Crippen LogP contribution >= 0.6 is 12.4 Å². The SMILES string of the molecule is CNCCC(=O)Nc1cc(C(C)(C)C)nn1Cc1ccccc1.Cl. The largest absolute Gasteiger partial charge is 0.319 e. The second-order valence-electron chi connectivity index (χ2n) is 6.71. The van der Waals surface area contributed by atoms with Gasteiger partial charge < -0.3 is 10.6 Å². The van der Waals surface area contributed by atoms with Crippen LogP contribution < -0.4 is 10.6 Å². The van der Waals surface area contributed by atoms with Gasteiger partial charge in [-0.2, -0.15) is 5.10 Å². The number of hydrogen-bond donors (Lipinski definition) is 2. The van der Waals surface area contributed by atoms with Crippen molar-refractivity contribution in [2.45, 2.75) is 39.2 Å². The molecule has 0 saturated carbocycles. The fourth-order valence-electron chi connectivity index (χ4n) is 2.20. The highest BCUT2D eigenvalue weighted by atomic mass is 35.5. The average Bonchev–Trinajstić information content (AvgIpc) is 2.89. The van der Waals surface area contributed by atoms with Crippen molar-refractivity contribution in [2.24, 2.45) is 0 Å². The van der Waals surface area contributed by atoms with Gasteiger partial charge in [0.1, 0.15) is 5.82 Å². The van der Waals surface area contributed by atoms with Crippen LogP contribution in [-0.2, 0) is 16.8 Å². The Morgan fingerprint density at radius 1 is 1.21 bits per heavy atom. The maximum atomic E-state index is 12.0. The van der Waals surface area contributed by atoms with Crippen LogP contribution in [0.25, 0.3) is 0 Å². The van der Waals surface area contributed by atoms with Gasteiger partial charge in [-0.25, -0.2) is 4.68 Å². The Hall–Kier alpha value is -1.85. The van der Waals surface area contributed by atoms with Crippen LogP contribution in [0, 0.1) is 0 Å². The molecule has 5 nitrogen and oxygen atoms in total. The summed E-state index contributed by atoms with van der Waals surface area (Å²) < 4.78 is 1.87. The first-order chi connectivity index (χ1) is 10.9. The molecule has 6 heteroatoms. The molecule has 2 aromatic rings. The molecule has 0 aliphatic carbocycles. The molecular weight excluding hydrogens is 324 g/mol. The Morgan fingerprint density at radius 2 is 1.88 bits per heavy atom. The Balaban J connectivity index is 0.00000288. The lowest BCUT2D eigenvalue weighted by Gasteiger charge is -2.14. The molecule has 0 fully saturated rings. The van der Waals surface area contributed by atoms with Gasteiger partial charge in [-0.3, -0.25) is 4.79 Å². The number of aromatic nitrogens is 2. The number of nitrogens with one attached hydrogen (secondary N) is 2. The van der Waals surface area contributed by atoms with Gasteiger partial charge in [0.15, 0.2) is 0 Å². The van der Waals surface area contributed by atoms with E-state index in [0.717, 1.165) is 17.1 Å². The van der Waals surface area contributed by atoms with Crippen LogP contribution in [0.1, 0.15) is 38.4 Å². The van der Waals surface area contributed by atoms with Crippen molar-refractivity contribution >= 4 is 24.1 Å². The predicted molar refractivity (Wildman–Crippen MR) is 101 cm³/mol. The first-order valence-electron chi connectivity index (χ1n) is 7.97. The summed E-state index contributed by atoms with van der Waals surface area (Å²) in [7, 11) is 1.84. The zero-order valence-corrected chi connectivity index (χ0v) is 15.6. The zero-order valence-electron chi connectivity index (χ0n) is 14.8. The molecule has 0 bridgehead atoms. The highest BCUT2D eigenvalue weighted by Gasteiger charge is 2.20. The molecule has 1 heterocycles. The number of carbonyl (C=O) groups excluding carboxylic acids is 1. The Morgan fingerprint density at radius 3 is 2.46 bits per heavy atom. The van der Waals surface area contributed by atoms with E-state index in [-0.39, 0.29) is 23.7 Å². The number of halogens is 1. The molecule has 0 atom stereocenters.